The van der Waals surface area contributed by atoms with Crippen LogP contribution in [0.2, 0.25) is 0 Å². The van der Waals surface area contributed by atoms with E-state index < -0.39 is 0 Å². The van der Waals surface area contributed by atoms with E-state index in [1.165, 1.54) is 0 Å². The Hall–Kier alpha value is -2.40. The average Bonchev–Trinajstić information content (AvgIpc) is 3.16. The van der Waals surface area contributed by atoms with Gasteiger partial charge in [0, 0.05) is 4.88 Å². The van der Waals surface area contributed by atoms with Crippen molar-refractivity contribution in [2.45, 2.75) is 19.9 Å². The first-order valence-electron chi connectivity index (χ1n) is 6.99. The van der Waals surface area contributed by atoms with Gasteiger partial charge >= 0.3 is 0 Å². The second-order valence-electron chi connectivity index (χ2n) is 5.03. The van der Waals surface area contributed by atoms with Gasteiger partial charge < -0.3 is 9.84 Å². The molecular formula is C17H16N2O2S. The molecule has 22 heavy (non-hydrogen) atoms. The van der Waals surface area contributed by atoms with Gasteiger partial charge in [-0.2, -0.15) is 0 Å². The van der Waals surface area contributed by atoms with Crippen LogP contribution in [0.5, 0.6) is 0 Å². The van der Waals surface area contributed by atoms with Gasteiger partial charge in [0.25, 0.3) is 5.91 Å². The Morgan fingerprint density at radius 2 is 1.95 bits per heavy atom. The summed E-state index contributed by atoms with van der Waals surface area (Å²) in [5, 5.41) is 8.95. The lowest BCUT2D eigenvalue weighted by Gasteiger charge is -2.18. The largest absolute Gasteiger partial charge is 0.361 e. The highest BCUT2D eigenvalue weighted by Crippen LogP contribution is 2.26. The molecule has 0 aliphatic heterocycles. The number of rotatable bonds is 4. The summed E-state index contributed by atoms with van der Waals surface area (Å²) in [6.07, 6.45) is 0. The monoisotopic (exact) mass is 312 g/mol. The summed E-state index contributed by atoms with van der Waals surface area (Å²) in [5.41, 5.74) is 2.16. The molecule has 0 bridgehead atoms. The van der Waals surface area contributed by atoms with Gasteiger partial charge in [-0.25, -0.2) is 0 Å². The van der Waals surface area contributed by atoms with Crippen molar-refractivity contribution in [2.75, 3.05) is 0 Å². The van der Waals surface area contributed by atoms with Crippen molar-refractivity contribution in [2.24, 2.45) is 0 Å². The van der Waals surface area contributed by atoms with E-state index in [1.807, 2.05) is 47.8 Å². The molecule has 0 radical (unpaired) electrons. The standard InChI is InChI=1S/C17H16N2O2S/c1-11-15(12(2)21-19-11)17(20)18-16(14-9-6-10-22-14)13-7-4-3-5-8-13/h3-10,16H,1-2H3,(H,18,20). The second-order valence-corrected chi connectivity index (χ2v) is 6.01. The van der Waals surface area contributed by atoms with Crippen molar-refractivity contribution in [1.82, 2.24) is 10.5 Å². The number of carbonyl (C=O) groups is 1. The fraction of sp³-hybridized carbons (Fsp3) is 0.176. The van der Waals surface area contributed by atoms with Gasteiger partial charge in [0.2, 0.25) is 0 Å². The van der Waals surface area contributed by atoms with E-state index >= 15 is 0 Å². The molecule has 0 spiro atoms. The smallest absolute Gasteiger partial charge is 0.257 e. The number of nitrogens with zero attached hydrogens (tertiary/aromatic N) is 1. The minimum atomic E-state index is -0.178. The second kappa shape index (κ2) is 6.15. The van der Waals surface area contributed by atoms with Crippen LogP contribution in [0, 0.1) is 13.8 Å². The number of nitrogens with one attached hydrogen (secondary N) is 1. The number of thiophene rings is 1. The predicted octanol–water partition coefficient (Wildman–Crippen LogP) is 3.87. The van der Waals surface area contributed by atoms with Crippen molar-refractivity contribution < 1.29 is 9.32 Å². The Morgan fingerprint density at radius 1 is 1.18 bits per heavy atom. The van der Waals surface area contributed by atoms with Crippen LogP contribution in [-0.4, -0.2) is 11.1 Å². The molecule has 1 aromatic carbocycles. The molecule has 2 heterocycles. The number of amides is 1. The van der Waals surface area contributed by atoms with Gasteiger partial charge in [0.1, 0.15) is 11.3 Å². The Kier molecular flexibility index (Phi) is 4.06. The van der Waals surface area contributed by atoms with Gasteiger partial charge in [-0.3, -0.25) is 4.79 Å². The molecule has 0 aliphatic carbocycles. The van der Waals surface area contributed by atoms with Crippen molar-refractivity contribution in [3.8, 4) is 0 Å². The van der Waals surface area contributed by atoms with Gasteiger partial charge in [0.15, 0.2) is 0 Å². The zero-order valence-electron chi connectivity index (χ0n) is 12.4. The molecule has 1 N–H and O–H groups in total. The van der Waals surface area contributed by atoms with Crippen LogP contribution in [0.25, 0.3) is 0 Å². The molecule has 0 aliphatic rings. The van der Waals surface area contributed by atoms with Gasteiger partial charge in [-0.1, -0.05) is 41.6 Å². The molecule has 3 aromatic rings. The quantitative estimate of drug-likeness (QED) is 0.795. The molecule has 0 saturated carbocycles. The minimum Gasteiger partial charge on any atom is -0.361 e. The maximum atomic E-state index is 12.6. The summed E-state index contributed by atoms with van der Waals surface area (Å²) < 4.78 is 5.09. The number of hydrogen-bond acceptors (Lipinski definition) is 4. The van der Waals surface area contributed by atoms with Crippen LogP contribution in [0.15, 0.2) is 52.4 Å². The molecule has 0 saturated heterocycles. The van der Waals surface area contributed by atoms with Gasteiger partial charge in [-0.05, 0) is 30.9 Å². The first-order valence-corrected chi connectivity index (χ1v) is 7.87. The third kappa shape index (κ3) is 2.80. The van der Waals surface area contributed by atoms with Crippen molar-refractivity contribution in [1.29, 1.82) is 0 Å². The Balaban J connectivity index is 1.93. The van der Waals surface area contributed by atoms with E-state index in [4.69, 9.17) is 4.52 Å². The third-order valence-electron chi connectivity index (χ3n) is 3.50. The zero-order chi connectivity index (χ0) is 15.5. The molecule has 1 amide bonds. The van der Waals surface area contributed by atoms with Crippen LogP contribution in [0.4, 0.5) is 0 Å². The van der Waals surface area contributed by atoms with Crippen LogP contribution in [-0.2, 0) is 0 Å². The summed E-state index contributed by atoms with van der Waals surface area (Å²) in [4.78, 5) is 13.7. The molecule has 5 heteroatoms. The molecule has 1 atom stereocenters. The Bertz CT molecular complexity index is 744. The van der Waals surface area contributed by atoms with Crippen LogP contribution < -0.4 is 5.32 Å². The van der Waals surface area contributed by atoms with Crippen LogP contribution in [0.3, 0.4) is 0 Å². The van der Waals surface area contributed by atoms with Crippen LogP contribution >= 0.6 is 11.3 Å². The first kappa shape index (κ1) is 14.5. The SMILES string of the molecule is Cc1noc(C)c1C(=O)NC(c1ccccc1)c1cccs1. The third-order valence-corrected chi connectivity index (χ3v) is 4.43. The number of aryl methyl sites for hydroxylation is 2. The summed E-state index contributed by atoms with van der Waals surface area (Å²) in [5.74, 6) is 0.367. The van der Waals surface area contributed by atoms with Gasteiger partial charge in [0.05, 0.1) is 11.7 Å². The summed E-state index contributed by atoms with van der Waals surface area (Å²) in [6, 6.07) is 13.8. The molecule has 0 fully saturated rings. The Morgan fingerprint density at radius 3 is 2.55 bits per heavy atom. The van der Waals surface area contributed by atoms with E-state index in [-0.39, 0.29) is 11.9 Å². The molecule has 3 rings (SSSR count). The molecule has 112 valence electrons. The fourth-order valence-corrected chi connectivity index (χ4v) is 3.23. The minimum absolute atomic E-state index is 0.168. The summed E-state index contributed by atoms with van der Waals surface area (Å²) in [7, 11) is 0. The molecule has 1 unspecified atom stereocenters. The number of aromatic nitrogens is 1. The zero-order valence-corrected chi connectivity index (χ0v) is 13.2. The average molecular weight is 312 g/mol. The van der Waals surface area contributed by atoms with Crippen molar-refractivity contribution in [3.63, 3.8) is 0 Å². The lowest BCUT2D eigenvalue weighted by molar-refractivity contribution is 0.0941. The van der Waals surface area contributed by atoms with Crippen LogP contribution in [0.1, 0.15) is 38.3 Å². The normalized spacial score (nSPS) is 12.1. The van der Waals surface area contributed by atoms with E-state index in [9.17, 15) is 4.79 Å². The van der Waals surface area contributed by atoms with Gasteiger partial charge in [-0.15, -0.1) is 11.3 Å². The van der Waals surface area contributed by atoms with E-state index in [0.717, 1.165) is 10.4 Å². The number of hydrogen-bond donors (Lipinski definition) is 1. The highest BCUT2D eigenvalue weighted by Gasteiger charge is 2.23. The topological polar surface area (TPSA) is 55.1 Å². The maximum Gasteiger partial charge on any atom is 0.257 e. The lowest BCUT2D eigenvalue weighted by atomic mass is 10.0. The van der Waals surface area contributed by atoms with E-state index in [0.29, 0.717) is 17.0 Å². The number of carbonyl (C=O) groups excluding carboxylic acids is 1. The predicted molar refractivity (Wildman–Crippen MR) is 86.0 cm³/mol. The van der Waals surface area contributed by atoms with E-state index in [2.05, 4.69) is 10.5 Å². The highest BCUT2D eigenvalue weighted by atomic mass is 32.1. The van der Waals surface area contributed by atoms with E-state index in [1.54, 1.807) is 25.2 Å². The number of benzene rings is 1. The Labute approximate surface area is 132 Å². The van der Waals surface area contributed by atoms with Crippen molar-refractivity contribution >= 4 is 17.2 Å². The molecule has 4 nitrogen and oxygen atoms in total. The summed E-state index contributed by atoms with van der Waals surface area (Å²) >= 11 is 1.62. The highest BCUT2D eigenvalue weighted by molar-refractivity contribution is 7.10. The van der Waals surface area contributed by atoms with Crippen molar-refractivity contribution in [3.05, 3.63) is 75.3 Å². The molecular weight excluding hydrogens is 296 g/mol. The fourth-order valence-electron chi connectivity index (χ4n) is 2.43. The lowest BCUT2D eigenvalue weighted by Crippen LogP contribution is -2.29. The maximum absolute atomic E-state index is 12.6. The summed E-state index contributed by atoms with van der Waals surface area (Å²) in [6.45, 7) is 3.52. The molecule has 2 aromatic heterocycles. The first-order chi connectivity index (χ1) is 10.7.